The first-order chi connectivity index (χ1) is 15.3. The number of carbonyl (C=O) groups is 1. The minimum atomic E-state index is -0.565. The van der Waals surface area contributed by atoms with Crippen LogP contribution in [-0.4, -0.2) is 12.6 Å². The van der Waals surface area contributed by atoms with E-state index in [4.69, 9.17) is 16.0 Å². The van der Waals surface area contributed by atoms with Crippen molar-refractivity contribution in [3.63, 3.8) is 0 Å². The van der Waals surface area contributed by atoms with Gasteiger partial charge >= 0.3 is 5.97 Å². The molecule has 0 spiro atoms. The van der Waals surface area contributed by atoms with Crippen LogP contribution < -0.4 is 11.1 Å². The number of nitrogens with zero attached hydrogens (tertiary/aromatic N) is 1. The van der Waals surface area contributed by atoms with Crippen LogP contribution in [-0.2, 0) is 11.3 Å². The van der Waals surface area contributed by atoms with Gasteiger partial charge in [-0.3, -0.25) is 0 Å². The van der Waals surface area contributed by atoms with Crippen LogP contribution >= 0.6 is 0 Å². The number of esters is 1. The van der Waals surface area contributed by atoms with Gasteiger partial charge in [0, 0.05) is 6.54 Å². The van der Waals surface area contributed by atoms with Crippen molar-refractivity contribution in [3.8, 4) is 17.2 Å². The van der Waals surface area contributed by atoms with Crippen LogP contribution in [0.3, 0.4) is 0 Å². The summed E-state index contributed by atoms with van der Waals surface area (Å²) in [7, 11) is 0. The van der Waals surface area contributed by atoms with Gasteiger partial charge in [0.05, 0.1) is 40.7 Å². The van der Waals surface area contributed by atoms with Crippen LogP contribution in [0, 0.1) is 11.3 Å². The standard InChI is InChI=1S/C23H21N3O2/c1-2-28-23(27)20-8-5-9-21(25)22(20)26-15-16-10-12-17(13-11-16)19-7-4-3-6-18(19)14-24/h3-13,26H,2,15,25H2,1H3/i10D,11D,12D,13D. The third kappa shape index (κ3) is 4.13. The second-order valence-corrected chi connectivity index (χ2v) is 5.85. The van der Waals surface area contributed by atoms with Crippen LogP contribution in [0.15, 0.2) is 66.6 Å². The van der Waals surface area contributed by atoms with Crippen LogP contribution in [0.4, 0.5) is 11.4 Å². The zero-order chi connectivity index (χ0) is 23.4. The second kappa shape index (κ2) is 8.74. The Balaban J connectivity index is 2.04. The van der Waals surface area contributed by atoms with Crippen molar-refractivity contribution in [1.82, 2.24) is 0 Å². The fraction of sp³-hybridized carbons (Fsp3) is 0.130. The number of hydrogen-bond donors (Lipinski definition) is 2. The summed E-state index contributed by atoms with van der Waals surface area (Å²) in [5.74, 6) is -0.565. The second-order valence-electron chi connectivity index (χ2n) is 5.85. The highest BCUT2D eigenvalue weighted by Gasteiger charge is 2.14. The van der Waals surface area contributed by atoms with E-state index in [1.54, 1.807) is 49.4 Å². The summed E-state index contributed by atoms with van der Waals surface area (Å²) in [6, 6.07) is 12.3. The topological polar surface area (TPSA) is 88.1 Å². The highest BCUT2D eigenvalue weighted by molar-refractivity contribution is 5.98. The molecule has 0 saturated heterocycles. The maximum atomic E-state index is 12.3. The Kier molecular flexibility index (Phi) is 4.46. The molecule has 0 aliphatic carbocycles. The number of nitrogens with one attached hydrogen (secondary N) is 1. The number of nitriles is 1. The molecule has 0 radical (unpaired) electrons. The van der Waals surface area contributed by atoms with Gasteiger partial charge in [0.25, 0.3) is 0 Å². The van der Waals surface area contributed by atoms with E-state index in [0.717, 1.165) is 0 Å². The lowest BCUT2D eigenvalue weighted by Gasteiger charge is -2.14. The minimum Gasteiger partial charge on any atom is -0.462 e. The van der Waals surface area contributed by atoms with E-state index in [9.17, 15) is 10.1 Å². The van der Waals surface area contributed by atoms with E-state index in [2.05, 4.69) is 5.32 Å². The predicted molar refractivity (Wildman–Crippen MR) is 111 cm³/mol. The molecule has 5 nitrogen and oxygen atoms in total. The molecule has 28 heavy (non-hydrogen) atoms. The molecule has 0 amide bonds. The Morgan fingerprint density at radius 1 is 1.18 bits per heavy atom. The van der Waals surface area contributed by atoms with Crippen molar-refractivity contribution >= 4 is 17.3 Å². The number of benzene rings is 3. The molecule has 5 heteroatoms. The van der Waals surface area contributed by atoms with Gasteiger partial charge in [-0.25, -0.2) is 4.79 Å². The van der Waals surface area contributed by atoms with Crippen molar-refractivity contribution in [2.45, 2.75) is 13.5 Å². The van der Waals surface area contributed by atoms with E-state index in [0.29, 0.717) is 11.3 Å². The van der Waals surface area contributed by atoms with E-state index in [1.165, 1.54) is 0 Å². The maximum Gasteiger partial charge on any atom is 0.340 e. The molecule has 0 aliphatic rings. The molecule has 3 rings (SSSR count). The Morgan fingerprint density at radius 2 is 1.93 bits per heavy atom. The summed E-state index contributed by atoms with van der Waals surface area (Å²) < 4.78 is 38.8. The average molecular weight is 375 g/mol. The first kappa shape index (κ1) is 14.3. The molecule has 0 unspecified atom stereocenters. The summed E-state index contributed by atoms with van der Waals surface area (Å²) >= 11 is 0. The Hall–Kier alpha value is -3.78. The van der Waals surface area contributed by atoms with Gasteiger partial charge < -0.3 is 15.8 Å². The maximum absolute atomic E-state index is 12.3. The Morgan fingerprint density at radius 3 is 2.64 bits per heavy atom. The van der Waals surface area contributed by atoms with Gasteiger partial charge in [-0.05, 0) is 41.8 Å². The molecule has 0 aromatic heterocycles. The number of para-hydroxylation sites is 1. The van der Waals surface area contributed by atoms with Gasteiger partial charge in [-0.2, -0.15) is 5.26 Å². The molecule has 3 aromatic rings. The van der Waals surface area contributed by atoms with Gasteiger partial charge in [-0.15, -0.1) is 0 Å². The summed E-state index contributed by atoms with van der Waals surface area (Å²) in [6.07, 6.45) is 0. The normalized spacial score (nSPS) is 12.1. The number of hydrogen-bond acceptors (Lipinski definition) is 5. The van der Waals surface area contributed by atoms with Crippen molar-refractivity contribution in [2.75, 3.05) is 17.7 Å². The lowest BCUT2D eigenvalue weighted by molar-refractivity contribution is 0.0527. The number of anilines is 2. The zero-order valence-corrected chi connectivity index (χ0v) is 15.3. The van der Waals surface area contributed by atoms with E-state index < -0.39 is 5.97 Å². The predicted octanol–water partition coefficient (Wildman–Crippen LogP) is 4.60. The van der Waals surface area contributed by atoms with Gasteiger partial charge in [-0.1, -0.05) is 48.4 Å². The quantitative estimate of drug-likeness (QED) is 0.486. The summed E-state index contributed by atoms with van der Waals surface area (Å²) in [5.41, 5.74) is 7.57. The Labute approximate surface area is 170 Å². The van der Waals surface area contributed by atoms with Gasteiger partial charge in [0.15, 0.2) is 0 Å². The van der Waals surface area contributed by atoms with Crippen LogP contribution in [0.5, 0.6) is 0 Å². The molecule has 0 fully saturated rings. The summed E-state index contributed by atoms with van der Waals surface area (Å²) in [5, 5.41) is 12.3. The molecule has 0 atom stereocenters. The van der Waals surface area contributed by atoms with Gasteiger partial charge in [0.1, 0.15) is 0 Å². The van der Waals surface area contributed by atoms with Crippen LogP contribution in [0.1, 0.15) is 33.9 Å². The third-order valence-corrected chi connectivity index (χ3v) is 4.03. The fourth-order valence-electron chi connectivity index (χ4n) is 2.68. The molecule has 3 N–H and O–H groups in total. The monoisotopic (exact) mass is 375 g/mol. The number of rotatable bonds is 6. The SMILES string of the molecule is [2H]c1c([2H])c(-c2ccccc2C#N)c([2H])c([2H])c1CNc1c(N)cccc1C(=O)OCC. The van der Waals surface area contributed by atoms with E-state index >= 15 is 0 Å². The third-order valence-electron chi connectivity index (χ3n) is 4.03. The van der Waals surface area contributed by atoms with Gasteiger partial charge in [0.2, 0.25) is 0 Å². The van der Waals surface area contributed by atoms with Crippen molar-refractivity contribution < 1.29 is 15.0 Å². The number of ether oxygens (including phenoxy) is 1. The fourth-order valence-corrected chi connectivity index (χ4v) is 2.68. The smallest absolute Gasteiger partial charge is 0.340 e. The number of carbonyl (C=O) groups excluding carboxylic acids is 1. The van der Waals surface area contributed by atoms with Crippen LogP contribution in [0.25, 0.3) is 11.1 Å². The highest BCUT2D eigenvalue weighted by atomic mass is 16.5. The largest absolute Gasteiger partial charge is 0.462 e. The lowest BCUT2D eigenvalue weighted by Crippen LogP contribution is -2.11. The molecule has 0 heterocycles. The number of nitrogens with two attached hydrogens (primary N) is 1. The lowest BCUT2D eigenvalue weighted by atomic mass is 9.99. The first-order valence-electron chi connectivity index (χ1n) is 10.7. The van der Waals surface area contributed by atoms with E-state index in [-0.39, 0.29) is 65.3 Å². The molecule has 0 saturated carbocycles. The average Bonchev–Trinajstić information content (AvgIpc) is 2.79. The first-order valence-corrected chi connectivity index (χ1v) is 8.69. The molecule has 0 bridgehead atoms. The van der Waals surface area contributed by atoms with Crippen LogP contribution in [0.2, 0.25) is 0 Å². The molecular weight excluding hydrogens is 350 g/mol. The van der Waals surface area contributed by atoms with Crippen molar-refractivity contribution in [3.05, 3.63) is 83.3 Å². The minimum absolute atomic E-state index is 0.0623. The molecule has 0 aliphatic heterocycles. The zero-order valence-electron chi connectivity index (χ0n) is 19.3. The number of nitrogen functional groups attached to an aromatic ring is 1. The molecule has 140 valence electrons. The van der Waals surface area contributed by atoms with Crippen molar-refractivity contribution in [1.29, 1.82) is 5.26 Å². The molecule has 3 aromatic carbocycles. The summed E-state index contributed by atoms with van der Waals surface area (Å²) in [4.78, 5) is 12.3. The summed E-state index contributed by atoms with van der Waals surface area (Å²) in [6.45, 7) is 1.78. The Bertz CT molecular complexity index is 1210. The van der Waals surface area contributed by atoms with Crippen molar-refractivity contribution in [2.24, 2.45) is 0 Å². The highest BCUT2D eigenvalue weighted by Crippen LogP contribution is 2.26. The van der Waals surface area contributed by atoms with E-state index in [1.807, 2.05) is 6.07 Å². The molecular formula is C23H21N3O2.